The molecular formula is C24H25NO6. The molecule has 0 bridgehead atoms. The number of carbonyl (C=O) groups is 2. The van der Waals surface area contributed by atoms with Crippen LogP contribution in [0, 0.1) is 0 Å². The normalized spacial score (nSPS) is 21.8. The fourth-order valence-electron chi connectivity index (χ4n) is 4.16. The van der Waals surface area contributed by atoms with Gasteiger partial charge in [-0.25, -0.2) is 0 Å². The quantitative estimate of drug-likeness (QED) is 0.437. The van der Waals surface area contributed by atoms with Gasteiger partial charge >= 0.3 is 0 Å². The van der Waals surface area contributed by atoms with Gasteiger partial charge in [-0.1, -0.05) is 12.1 Å². The minimum absolute atomic E-state index is 0.0614. The van der Waals surface area contributed by atoms with Gasteiger partial charge < -0.3 is 24.2 Å². The number of ketones is 1. The first-order chi connectivity index (χ1) is 14.9. The zero-order valence-corrected chi connectivity index (χ0v) is 17.8. The highest BCUT2D eigenvalue weighted by Gasteiger charge is 2.46. The molecule has 2 heterocycles. The number of hydrogen-bond donors (Lipinski definition) is 1. The zero-order valence-electron chi connectivity index (χ0n) is 17.8. The third kappa shape index (κ3) is 3.77. The van der Waals surface area contributed by atoms with Gasteiger partial charge in [0.2, 0.25) is 0 Å². The van der Waals surface area contributed by atoms with Gasteiger partial charge in [0.15, 0.2) is 0 Å². The Bertz CT molecular complexity index is 1040. The molecule has 2 atom stereocenters. The highest BCUT2D eigenvalue weighted by molar-refractivity contribution is 6.46. The van der Waals surface area contributed by atoms with Gasteiger partial charge in [0.05, 0.1) is 25.3 Å². The summed E-state index contributed by atoms with van der Waals surface area (Å²) < 4.78 is 16.1. The molecule has 1 fully saturated rings. The third-order valence-corrected chi connectivity index (χ3v) is 5.68. The molecule has 1 amide bonds. The molecule has 4 rings (SSSR count). The predicted molar refractivity (Wildman–Crippen MR) is 114 cm³/mol. The first-order valence-corrected chi connectivity index (χ1v) is 10.2. The van der Waals surface area contributed by atoms with E-state index in [1.165, 1.54) is 12.0 Å². The summed E-state index contributed by atoms with van der Waals surface area (Å²) in [6.07, 6.45) is 0.784. The number of fused-ring (bicyclic) bond motifs is 1. The summed E-state index contributed by atoms with van der Waals surface area (Å²) in [6.45, 7) is 2.47. The Kier molecular flexibility index (Phi) is 5.69. The minimum atomic E-state index is -0.718. The van der Waals surface area contributed by atoms with Crippen LogP contribution in [0.2, 0.25) is 0 Å². The lowest BCUT2D eigenvalue weighted by atomic mass is 9.94. The Hall–Kier alpha value is -3.32. The lowest BCUT2D eigenvalue weighted by Gasteiger charge is -2.25. The van der Waals surface area contributed by atoms with E-state index in [1.807, 2.05) is 13.0 Å². The molecule has 0 aromatic heterocycles. The van der Waals surface area contributed by atoms with Crippen molar-refractivity contribution < 1.29 is 28.9 Å². The average molecular weight is 423 g/mol. The van der Waals surface area contributed by atoms with Gasteiger partial charge in [-0.3, -0.25) is 9.59 Å². The van der Waals surface area contributed by atoms with Crippen LogP contribution in [-0.2, 0) is 20.7 Å². The second kappa shape index (κ2) is 8.43. The van der Waals surface area contributed by atoms with Crippen LogP contribution in [0.5, 0.6) is 11.5 Å². The Balaban J connectivity index is 1.81. The van der Waals surface area contributed by atoms with Gasteiger partial charge in [0.1, 0.15) is 23.4 Å². The van der Waals surface area contributed by atoms with Gasteiger partial charge in [0, 0.05) is 25.6 Å². The molecule has 7 nitrogen and oxygen atoms in total. The maximum Gasteiger partial charge on any atom is 0.295 e. The summed E-state index contributed by atoms with van der Waals surface area (Å²) >= 11 is 0. The van der Waals surface area contributed by atoms with E-state index in [9.17, 15) is 14.7 Å². The minimum Gasteiger partial charge on any atom is -0.507 e. The molecule has 162 valence electrons. The van der Waals surface area contributed by atoms with Crippen molar-refractivity contribution in [1.82, 2.24) is 4.90 Å². The van der Waals surface area contributed by atoms with Crippen molar-refractivity contribution >= 4 is 17.4 Å². The number of rotatable bonds is 6. The van der Waals surface area contributed by atoms with E-state index in [4.69, 9.17) is 14.2 Å². The molecule has 2 aliphatic heterocycles. The molecule has 0 saturated carbocycles. The summed E-state index contributed by atoms with van der Waals surface area (Å²) in [4.78, 5) is 27.3. The summed E-state index contributed by atoms with van der Waals surface area (Å²) in [7, 11) is 3.10. The van der Waals surface area contributed by atoms with E-state index in [0.717, 1.165) is 17.7 Å². The van der Waals surface area contributed by atoms with E-state index in [2.05, 4.69) is 0 Å². The van der Waals surface area contributed by atoms with Crippen molar-refractivity contribution in [3.05, 3.63) is 64.7 Å². The lowest BCUT2D eigenvalue weighted by molar-refractivity contribution is -0.140. The van der Waals surface area contributed by atoms with Gasteiger partial charge in [-0.2, -0.15) is 0 Å². The highest BCUT2D eigenvalue weighted by atomic mass is 16.5. The van der Waals surface area contributed by atoms with E-state index in [0.29, 0.717) is 16.9 Å². The molecular weight excluding hydrogens is 398 g/mol. The number of nitrogens with zero attached hydrogens (tertiary/aromatic N) is 1. The summed E-state index contributed by atoms with van der Waals surface area (Å²) in [5, 5.41) is 11.2. The molecule has 0 spiro atoms. The van der Waals surface area contributed by atoms with Gasteiger partial charge in [0.25, 0.3) is 11.7 Å². The zero-order chi connectivity index (χ0) is 22.1. The summed E-state index contributed by atoms with van der Waals surface area (Å²) in [6, 6.07) is 11.7. The number of Topliss-reactive ketones (excluding diaryl/α,β-unsaturated/α-hetero) is 1. The maximum absolute atomic E-state index is 13.0. The van der Waals surface area contributed by atoms with E-state index < -0.39 is 17.7 Å². The van der Waals surface area contributed by atoms with Crippen LogP contribution in [0.15, 0.2) is 48.0 Å². The Morgan fingerprint density at radius 2 is 1.90 bits per heavy atom. The lowest BCUT2D eigenvalue weighted by Crippen LogP contribution is -2.32. The van der Waals surface area contributed by atoms with Crippen LogP contribution < -0.4 is 9.47 Å². The number of amides is 1. The van der Waals surface area contributed by atoms with Crippen molar-refractivity contribution in [3.8, 4) is 11.5 Å². The van der Waals surface area contributed by atoms with Crippen LogP contribution in [-0.4, -0.2) is 55.2 Å². The van der Waals surface area contributed by atoms with Gasteiger partial charge in [-0.15, -0.1) is 0 Å². The monoisotopic (exact) mass is 423 g/mol. The fraction of sp³-hybridized carbons (Fsp3) is 0.333. The molecule has 2 unspecified atom stereocenters. The third-order valence-electron chi connectivity index (χ3n) is 5.68. The van der Waals surface area contributed by atoms with Crippen LogP contribution >= 0.6 is 0 Å². The molecule has 0 aliphatic carbocycles. The van der Waals surface area contributed by atoms with E-state index >= 15 is 0 Å². The van der Waals surface area contributed by atoms with Crippen LogP contribution in [0.4, 0.5) is 0 Å². The topological polar surface area (TPSA) is 85.3 Å². The van der Waals surface area contributed by atoms with Crippen molar-refractivity contribution in [2.45, 2.75) is 25.5 Å². The summed E-state index contributed by atoms with van der Waals surface area (Å²) in [5.74, 6) is -0.125. The van der Waals surface area contributed by atoms with Crippen molar-refractivity contribution in [2.75, 3.05) is 27.4 Å². The number of methoxy groups -OCH3 is 2. The molecule has 1 saturated heterocycles. The second-order valence-electron chi connectivity index (χ2n) is 7.71. The molecule has 2 aromatic carbocycles. The summed E-state index contributed by atoms with van der Waals surface area (Å²) in [5.41, 5.74) is 2.22. The predicted octanol–water partition coefficient (Wildman–Crippen LogP) is 3.09. The molecule has 2 aromatic rings. The first kappa shape index (κ1) is 20.9. The van der Waals surface area contributed by atoms with Crippen molar-refractivity contribution in [3.63, 3.8) is 0 Å². The smallest absolute Gasteiger partial charge is 0.295 e. The highest BCUT2D eigenvalue weighted by Crippen LogP contribution is 2.40. The maximum atomic E-state index is 13.0. The molecule has 0 radical (unpaired) electrons. The molecule has 2 aliphatic rings. The van der Waals surface area contributed by atoms with Gasteiger partial charge in [-0.05, 0) is 48.4 Å². The standard InChI is InChI=1S/C24H25NO6/c1-14-12-17-13-16(6-9-19(17)31-14)22(26)20-21(15-4-7-18(30-3)8-5-15)25(10-11-29-2)24(28)23(20)27/h4-9,13-14,21,26H,10-12H2,1-3H3/b22-20+. The SMILES string of the molecule is COCCN1C(=O)C(=O)/C(=C(/O)c2ccc3c(c2)CC(C)O3)C1c1ccc(OC)cc1. The van der Waals surface area contributed by atoms with Crippen molar-refractivity contribution in [2.24, 2.45) is 0 Å². The Morgan fingerprint density at radius 1 is 1.16 bits per heavy atom. The largest absolute Gasteiger partial charge is 0.507 e. The number of hydrogen-bond acceptors (Lipinski definition) is 6. The number of likely N-dealkylation sites (tertiary alicyclic amines) is 1. The number of benzene rings is 2. The second-order valence-corrected chi connectivity index (χ2v) is 7.71. The average Bonchev–Trinajstić information content (AvgIpc) is 3.27. The Morgan fingerprint density at radius 3 is 2.58 bits per heavy atom. The van der Waals surface area contributed by atoms with Crippen molar-refractivity contribution in [1.29, 1.82) is 0 Å². The molecule has 31 heavy (non-hydrogen) atoms. The number of ether oxygens (including phenoxy) is 3. The van der Waals surface area contributed by atoms with Crippen LogP contribution in [0.1, 0.15) is 29.7 Å². The number of aliphatic hydroxyl groups is 1. The molecule has 7 heteroatoms. The Labute approximate surface area is 180 Å². The molecule has 1 N–H and O–H groups in total. The van der Waals surface area contributed by atoms with E-state index in [-0.39, 0.29) is 30.6 Å². The number of carbonyl (C=O) groups excluding carboxylic acids is 2. The van der Waals surface area contributed by atoms with Crippen LogP contribution in [0.25, 0.3) is 5.76 Å². The van der Waals surface area contributed by atoms with Crippen LogP contribution in [0.3, 0.4) is 0 Å². The van der Waals surface area contributed by atoms with E-state index in [1.54, 1.807) is 43.5 Å². The first-order valence-electron chi connectivity index (χ1n) is 10.2. The fourth-order valence-corrected chi connectivity index (χ4v) is 4.16. The number of aliphatic hydroxyl groups excluding tert-OH is 1.